The van der Waals surface area contributed by atoms with Gasteiger partial charge in [0.2, 0.25) is 0 Å². The lowest BCUT2D eigenvalue weighted by atomic mass is 10.2. The Morgan fingerprint density at radius 2 is 2.12 bits per heavy atom. The molecule has 0 spiro atoms. The van der Waals surface area contributed by atoms with Crippen LogP contribution in [0.5, 0.6) is 0 Å². The fourth-order valence-corrected chi connectivity index (χ4v) is 2.39. The summed E-state index contributed by atoms with van der Waals surface area (Å²) >= 11 is 5.30. The second-order valence-electron chi connectivity index (χ2n) is 4.80. The van der Waals surface area contributed by atoms with E-state index in [1.54, 1.807) is 0 Å². The maximum absolute atomic E-state index is 5.30. The molecule has 0 aliphatic heterocycles. The molecule has 4 heteroatoms. The van der Waals surface area contributed by atoms with Crippen LogP contribution in [0.15, 0.2) is 30.3 Å². The van der Waals surface area contributed by atoms with Crippen LogP contribution in [0.1, 0.15) is 13.3 Å². The molecule has 3 rings (SSSR count). The normalized spacial score (nSPS) is 22.6. The molecule has 0 amide bonds. The number of benzene rings is 1. The van der Waals surface area contributed by atoms with Crippen molar-refractivity contribution in [3.8, 4) is 11.4 Å². The van der Waals surface area contributed by atoms with Gasteiger partial charge in [-0.05, 0) is 30.5 Å². The second-order valence-corrected chi connectivity index (χ2v) is 5.19. The smallest absolute Gasteiger partial charge is 0.195 e. The van der Waals surface area contributed by atoms with Crippen molar-refractivity contribution < 1.29 is 0 Å². The minimum Gasteiger partial charge on any atom is -0.300 e. The van der Waals surface area contributed by atoms with E-state index >= 15 is 0 Å². The second kappa shape index (κ2) is 4.11. The molecular weight excluding hydrogens is 230 g/mol. The van der Waals surface area contributed by atoms with E-state index in [1.807, 2.05) is 18.2 Å². The molecule has 1 heterocycles. The third kappa shape index (κ3) is 2.05. The lowest BCUT2D eigenvalue weighted by molar-refractivity contribution is 0.591. The third-order valence-electron chi connectivity index (χ3n) is 3.48. The molecule has 1 aliphatic carbocycles. The molecule has 2 atom stereocenters. The van der Waals surface area contributed by atoms with Crippen molar-refractivity contribution in [1.82, 2.24) is 14.8 Å². The Bertz CT molecular complexity index is 570. The van der Waals surface area contributed by atoms with Crippen LogP contribution in [0.2, 0.25) is 0 Å². The fourth-order valence-electron chi connectivity index (χ4n) is 2.18. The topological polar surface area (TPSA) is 33.6 Å². The summed E-state index contributed by atoms with van der Waals surface area (Å²) in [6.07, 6.45) is 1.31. The molecule has 1 aromatic carbocycles. The number of aromatic amines is 1. The first-order chi connectivity index (χ1) is 8.25. The van der Waals surface area contributed by atoms with Gasteiger partial charge in [0.25, 0.3) is 0 Å². The van der Waals surface area contributed by atoms with Gasteiger partial charge in [-0.15, -0.1) is 0 Å². The average molecular weight is 245 g/mol. The van der Waals surface area contributed by atoms with E-state index in [9.17, 15) is 0 Å². The molecule has 0 bridgehead atoms. The predicted molar refractivity (Wildman–Crippen MR) is 70.1 cm³/mol. The van der Waals surface area contributed by atoms with Crippen LogP contribution in [0.4, 0.5) is 0 Å². The van der Waals surface area contributed by atoms with E-state index in [0.717, 1.165) is 34.5 Å². The summed E-state index contributed by atoms with van der Waals surface area (Å²) in [5.74, 6) is 2.55. The molecule has 0 radical (unpaired) electrons. The third-order valence-corrected chi connectivity index (χ3v) is 3.80. The Labute approximate surface area is 105 Å². The molecule has 3 nitrogen and oxygen atoms in total. The molecule has 17 heavy (non-hydrogen) atoms. The van der Waals surface area contributed by atoms with Gasteiger partial charge in [0.1, 0.15) is 0 Å². The van der Waals surface area contributed by atoms with Gasteiger partial charge < -0.3 is 0 Å². The first-order valence-corrected chi connectivity index (χ1v) is 6.37. The zero-order valence-corrected chi connectivity index (χ0v) is 10.6. The van der Waals surface area contributed by atoms with Crippen LogP contribution in [-0.2, 0) is 6.54 Å². The minimum absolute atomic E-state index is 0.725. The van der Waals surface area contributed by atoms with Gasteiger partial charge in [0, 0.05) is 12.1 Å². The summed E-state index contributed by atoms with van der Waals surface area (Å²) in [5, 5.41) is 7.24. The number of aromatic nitrogens is 3. The van der Waals surface area contributed by atoms with Gasteiger partial charge in [-0.25, -0.2) is 0 Å². The van der Waals surface area contributed by atoms with Gasteiger partial charge in [-0.3, -0.25) is 9.67 Å². The molecule has 0 saturated heterocycles. The van der Waals surface area contributed by atoms with Crippen molar-refractivity contribution in [2.75, 3.05) is 0 Å². The summed E-state index contributed by atoms with van der Waals surface area (Å²) in [6, 6.07) is 10.2. The fraction of sp³-hybridized carbons (Fsp3) is 0.385. The molecule has 2 unspecified atom stereocenters. The highest BCUT2D eigenvalue weighted by molar-refractivity contribution is 7.71. The Hall–Kier alpha value is -1.42. The maximum atomic E-state index is 5.30. The lowest BCUT2D eigenvalue weighted by Gasteiger charge is -2.05. The van der Waals surface area contributed by atoms with Crippen molar-refractivity contribution in [1.29, 1.82) is 0 Å². The Morgan fingerprint density at radius 1 is 1.41 bits per heavy atom. The van der Waals surface area contributed by atoms with Gasteiger partial charge in [-0.2, -0.15) is 5.10 Å². The highest BCUT2D eigenvalue weighted by Gasteiger charge is 2.33. The molecule has 2 aromatic rings. The summed E-state index contributed by atoms with van der Waals surface area (Å²) in [6.45, 7) is 3.28. The summed E-state index contributed by atoms with van der Waals surface area (Å²) in [5.41, 5.74) is 1.12. The maximum Gasteiger partial charge on any atom is 0.195 e. The van der Waals surface area contributed by atoms with Crippen LogP contribution in [0, 0.1) is 16.6 Å². The van der Waals surface area contributed by atoms with Crippen LogP contribution in [0.3, 0.4) is 0 Å². The molecular formula is C13H15N3S. The van der Waals surface area contributed by atoms with Gasteiger partial charge in [0.15, 0.2) is 10.6 Å². The SMILES string of the molecule is CC1CC1Cn1c(-c2ccccc2)n[nH]c1=S. The zero-order valence-electron chi connectivity index (χ0n) is 9.76. The number of nitrogens with zero attached hydrogens (tertiary/aromatic N) is 2. The van der Waals surface area contributed by atoms with Crippen LogP contribution < -0.4 is 0 Å². The monoisotopic (exact) mass is 245 g/mol. The Balaban J connectivity index is 1.97. The molecule has 88 valence electrons. The number of hydrogen-bond donors (Lipinski definition) is 1. The van der Waals surface area contributed by atoms with E-state index in [1.165, 1.54) is 6.42 Å². The first-order valence-electron chi connectivity index (χ1n) is 5.96. The molecule has 1 aromatic heterocycles. The van der Waals surface area contributed by atoms with E-state index in [0.29, 0.717) is 0 Å². The first kappa shape index (κ1) is 10.7. The van der Waals surface area contributed by atoms with E-state index in [-0.39, 0.29) is 0 Å². The van der Waals surface area contributed by atoms with E-state index in [2.05, 4.69) is 33.8 Å². The minimum atomic E-state index is 0.725. The van der Waals surface area contributed by atoms with Crippen LogP contribution in [-0.4, -0.2) is 14.8 Å². The zero-order chi connectivity index (χ0) is 11.8. The number of nitrogens with one attached hydrogen (secondary N) is 1. The van der Waals surface area contributed by atoms with Gasteiger partial charge >= 0.3 is 0 Å². The average Bonchev–Trinajstić information content (AvgIpc) is 2.92. The largest absolute Gasteiger partial charge is 0.300 e. The lowest BCUT2D eigenvalue weighted by Crippen LogP contribution is -2.03. The predicted octanol–water partition coefficient (Wildman–Crippen LogP) is 3.26. The number of rotatable bonds is 3. The van der Waals surface area contributed by atoms with Crippen molar-refractivity contribution in [2.45, 2.75) is 19.9 Å². The van der Waals surface area contributed by atoms with E-state index in [4.69, 9.17) is 12.2 Å². The molecule has 1 fully saturated rings. The van der Waals surface area contributed by atoms with Gasteiger partial charge in [-0.1, -0.05) is 37.3 Å². The highest BCUT2D eigenvalue weighted by atomic mass is 32.1. The van der Waals surface area contributed by atoms with Crippen LogP contribution >= 0.6 is 12.2 Å². The van der Waals surface area contributed by atoms with Gasteiger partial charge in [0.05, 0.1) is 0 Å². The van der Waals surface area contributed by atoms with Crippen molar-refractivity contribution in [2.24, 2.45) is 11.8 Å². The molecule has 1 N–H and O–H groups in total. The summed E-state index contributed by atoms with van der Waals surface area (Å²) in [4.78, 5) is 0. The summed E-state index contributed by atoms with van der Waals surface area (Å²) < 4.78 is 2.85. The highest BCUT2D eigenvalue weighted by Crippen LogP contribution is 2.39. The quantitative estimate of drug-likeness (QED) is 0.842. The Morgan fingerprint density at radius 3 is 2.76 bits per heavy atom. The van der Waals surface area contributed by atoms with E-state index < -0.39 is 0 Å². The molecule has 1 aliphatic rings. The van der Waals surface area contributed by atoms with Crippen molar-refractivity contribution >= 4 is 12.2 Å². The Kier molecular flexibility index (Phi) is 2.59. The number of H-pyrrole nitrogens is 1. The molecule has 1 saturated carbocycles. The van der Waals surface area contributed by atoms with Crippen molar-refractivity contribution in [3.63, 3.8) is 0 Å². The van der Waals surface area contributed by atoms with Crippen LogP contribution in [0.25, 0.3) is 11.4 Å². The summed E-state index contributed by atoms with van der Waals surface area (Å²) in [7, 11) is 0. The standard InChI is InChI=1S/C13H15N3S/c1-9-7-11(9)8-16-12(14-15-13(16)17)10-5-3-2-4-6-10/h2-6,9,11H,7-8H2,1H3,(H,15,17). The number of hydrogen-bond acceptors (Lipinski definition) is 2. The van der Waals surface area contributed by atoms with Crippen molar-refractivity contribution in [3.05, 3.63) is 35.1 Å².